The first-order valence-corrected chi connectivity index (χ1v) is 7.15. The summed E-state index contributed by atoms with van der Waals surface area (Å²) in [5, 5.41) is 1.11. The Morgan fingerprint density at radius 3 is 2.50 bits per heavy atom. The van der Waals surface area contributed by atoms with Gasteiger partial charge >= 0.3 is 0 Å². The molecule has 1 heterocycles. The average Bonchev–Trinajstić information content (AvgIpc) is 2.50. The van der Waals surface area contributed by atoms with Crippen molar-refractivity contribution in [3.63, 3.8) is 0 Å². The lowest BCUT2D eigenvalue weighted by molar-refractivity contribution is 0.637. The second-order valence-electron chi connectivity index (χ2n) is 4.54. The minimum Gasteiger partial charge on any atom is -0.271 e. The zero-order valence-electron chi connectivity index (χ0n) is 10.8. The number of nitrogens with two attached hydrogens (primary N) is 1. The number of nitrogens with zero attached hydrogens (tertiary/aromatic N) is 1. The molecule has 100 valence electrons. The number of hydrazine groups is 1. The number of hydrogen-bond donors (Lipinski definition) is 2. The molecule has 3 rings (SSSR count). The first-order chi connectivity index (χ1) is 9.81. The molecule has 1 aromatic heterocycles. The van der Waals surface area contributed by atoms with Crippen molar-refractivity contribution in [3.05, 3.63) is 76.4 Å². The molecule has 2 aromatic carbocycles. The fourth-order valence-corrected chi connectivity index (χ4v) is 2.93. The third-order valence-corrected chi connectivity index (χ3v) is 4.08. The number of para-hydroxylation sites is 1. The molecule has 1 unspecified atom stereocenters. The highest BCUT2D eigenvalue weighted by Gasteiger charge is 2.17. The smallest absolute Gasteiger partial charge is 0.0753 e. The van der Waals surface area contributed by atoms with Crippen LogP contribution in [0.25, 0.3) is 10.9 Å². The second-order valence-corrected chi connectivity index (χ2v) is 5.40. The quantitative estimate of drug-likeness (QED) is 0.571. The van der Waals surface area contributed by atoms with Gasteiger partial charge in [-0.3, -0.25) is 10.8 Å². The summed E-state index contributed by atoms with van der Waals surface area (Å²) in [6.07, 6.45) is 1.81. The van der Waals surface area contributed by atoms with E-state index in [9.17, 15) is 0 Å². The molecular weight excluding hydrogens is 314 g/mol. The Labute approximate surface area is 125 Å². The Morgan fingerprint density at radius 1 is 0.950 bits per heavy atom. The molecule has 0 amide bonds. The van der Waals surface area contributed by atoms with Crippen LogP contribution in [0, 0.1) is 0 Å². The second kappa shape index (κ2) is 5.71. The predicted molar refractivity (Wildman–Crippen MR) is 85.1 cm³/mol. The van der Waals surface area contributed by atoms with Crippen LogP contribution in [-0.2, 0) is 0 Å². The molecule has 4 heteroatoms. The Balaban J connectivity index is 2.20. The highest BCUT2D eigenvalue weighted by atomic mass is 79.9. The molecule has 0 aliphatic heterocycles. The summed E-state index contributed by atoms with van der Waals surface area (Å²) in [5.74, 6) is 5.80. The van der Waals surface area contributed by atoms with Gasteiger partial charge in [-0.1, -0.05) is 58.4 Å². The molecule has 3 nitrogen and oxygen atoms in total. The maximum atomic E-state index is 5.80. The van der Waals surface area contributed by atoms with Crippen molar-refractivity contribution in [1.82, 2.24) is 10.4 Å². The largest absolute Gasteiger partial charge is 0.271 e. The monoisotopic (exact) mass is 327 g/mol. The molecule has 0 aliphatic rings. The number of halogens is 1. The van der Waals surface area contributed by atoms with Crippen molar-refractivity contribution < 1.29 is 0 Å². The topological polar surface area (TPSA) is 50.9 Å². The van der Waals surface area contributed by atoms with Gasteiger partial charge in [0.1, 0.15) is 0 Å². The van der Waals surface area contributed by atoms with Gasteiger partial charge < -0.3 is 0 Å². The molecule has 1 atom stereocenters. The van der Waals surface area contributed by atoms with Gasteiger partial charge in [-0.05, 0) is 17.7 Å². The molecular formula is C16H14BrN3. The lowest BCUT2D eigenvalue weighted by atomic mass is 9.97. The molecule has 0 saturated heterocycles. The number of aromatic nitrogens is 1. The molecule has 0 aliphatic carbocycles. The molecule has 0 radical (unpaired) electrons. The van der Waals surface area contributed by atoms with E-state index in [2.05, 4.69) is 50.6 Å². The third kappa shape index (κ3) is 2.33. The molecule has 20 heavy (non-hydrogen) atoms. The van der Waals surface area contributed by atoms with Gasteiger partial charge in [0, 0.05) is 21.6 Å². The van der Waals surface area contributed by atoms with Gasteiger partial charge in [0.05, 0.1) is 11.6 Å². The molecule has 0 spiro atoms. The highest BCUT2D eigenvalue weighted by molar-refractivity contribution is 9.10. The van der Waals surface area contributed by atoms with E-state index in [1.54, 1.807) is 6.20 Å². The molecule has 3 aromatic rings. The van der Waals surface area contributed by atoms with E-state index in [1.807, 2.05) is 30.3 Å². The third-order valence-electron chi connectivity index (χ3n) is 3.36. The van der Waals surface area contributed by atoms with E-state index in [-0.39, 0.29) is 6.04 Å². The van der Waals surface area contributed by atoms with Gasteiger partial charge in [-0.2, -0.15) is 0 Å². The SMILES string of the molecule is NNC(c1ccccc1Br)c1cccc2cccnc12. The van der Waals surface area contributed by atoms with Gasteiger partial charge in [0.15, 0.2) is 0 Å². The molecule has 0 fully saturated rings. The number of rotatable bonds is 3. The maximum Gasteiger partial charge on any atom is 0.0753 e. The maximum absolute atomic E-state index is 5.80. The van der Waals surface area contributed by atoms with Crippen molar-refractivity contribution in [3.8, 4) is 0 Å². The predicted octanol–water partition coefficient (Wildman–Crippen LogP) is 3.55. The van der Waals surface area contributed by atoms with Crippen LogP contribution in [0.3, 0.4) is 0 Å². The summed E-state index contributed by atoms with van der Waals surface area (Å²) in [4.78, 5) is 4.49. The number of nitrogens with one attached hydrogen (secondary N) is 1. The van der Waals surface area contributed by atoms with Gasteiger partial charge in [-0.25, -0.2) is 5.43 Å². The minimum absolute atomic E-state index is 0.107. The van der Waals surface area contributed by atoms with Crippen LogP contribution in [-0.4, -0.2) is 4.98 Å². The van der Waals surface area contributed by atoms with E-state index in [1.165, 1.54) is 0 Å². The summed E-state index contributed by atoms with van der Waals surface area (Å²) in [5.41, 5.74) is 6.02. The Hall–Kier alpha value is -1.75. The van der Waals surface area contributed by atoms with Crippen LogP contribution in [0.2, 0.25) is 0 Å². The summed E-state index contributed by atoms with van der Waals surface area (Å²) < 4.78 is 1.02. The minimum atomic E-state index is -0.107. The van der Waals surface area contributed by atoms with Crippen molar-refractivity contribution in [2.75, 3.05) is 0 Å². The van der Waals surface area contributed by atoms with Crippen LogP contribution in [0.5, 0.6) is 0 Å². The summed E-state index contributed by atoms with van der Waals surface area (Å²) in [6, 6.07) is 18.1. The lowest BCUT2D eigenvalue weighted by Gasteiger charge is -2.19. The standard InChI is InChI=1S/C16H14BrN3/c17-14-9-2-1-7-12(14)16(20-18)13-8-3-5-11-6-4-10-19-15(11)13/h1-10,16,20H,18H2. The summed E-state index contributed by atoms with van der Waals surface area (Å²) in [6.45, 7) is 0. The molecule has 0 saturated carbocycles. The zero-order chi connectivity index (χ0) is 13.9. The number of hydrogen-bond acceptors (Lipinski definition) is 3. The molecule has 0 bridgehead atoms. The zero-order valence-corrected chi connectivity index (χ0v) is 12.3. The van der Waals surface area contributed by atoms with E-state index in [4.69, 9.17) is 5.84 Å². The fraction of sp³-hybridized carbons (Fsp3) is 0.0625. The van der Waals surface area contributed by atoms with E-state index < -0.39 is 0 Å². The van der Waals surface area contributed by atoms with Crippen LogP contribution in [0.4, 0.5) is 0 Å². The van der Waals surface area contributed by atoms with E-state index in [0.29, 0.717) is 0 Å². The summed E-state index contributed by atoms with van der Waals surface area (Å²) in [7, 11) is 0. The fourth-order valence-electron chi connectivity index (χ4n) is 2.42. The van der Waals surface area contributed by atoms with Crippen molar-refractivity contribution in [1.29, 1.82) is 0 Å². The van der Waals surface area contributed by atoms with Gasteiger partial charge in [0.25, 0.3) is 0 Å². The van der Waals surface area contributed by atoms with E-state index >= 15 is 0 Å². The van der Waals surface area contributed by atoms with Crippen LogP contribution in [0.15, 0.2) is 65.3 Å². The van der Waals surface area contributed by atoms with Crippen LogP contribution in [0.1, 0.15) is 17.2 Å². The normalized spacial score (nSPS) is 12.5. The Bertz CT molecular complexity index is 737. The number of fused-ring (bicyclic) bond motifs is 1. The lowest BCUT2D eigenvalue weighted by Crippen LogP contribution is -2.29. The summed E-state index contributed by atoms with van der Waals surface area (Å²) >= 11 is 3.58. The Morgan fingerprint density at radius 2 is 1.70 bits per heavy atom. The van der Waals surface area contributed by atoms with E-state index in [0.717, 1.165) is 26.5 Å². The molecule has 3 N–H and O–H groups in total. The van der Waals surface area contributed by atoms with Crippen molar-refractivity contribution in [2.24, 2.45) is 5.84 Å². The van der Waals surface area contributed by atoms with Gasteiger partial charge in [-0.15, -0.1) is 0 Å². The Kier molecular flexibility index (Phi) is 3.78. The first-order valence-electron chi connectivity index (χ1n) is 6.35. The van der Waals surface area contributed by atoms with Crippen molar-refractivity contribution in [2.45, 2.75) is 6.04 Å². The van der Waals surface area contributed by atoms with Crippen LogP contribution >= 0.6 is 15.9 Å². The highest BCUT2D eigenvalue weighted by Crippen LogP contribution is 2.31. The number of pyridine rings is 1. The van der Waals surface area contributed by atoms with Gasteiger partial charge in [0.2, 0.25) is 0 Å². The first kappa shape index (κ1) is 13.2. The van der Waals surface area contributed by atoms with Crippen molar-refractivity contribution >= 4 is 26.8 Å². The average molecular weight is 328 g/mol. The number of benzene rings is 2. The van der Waals surface area contributed by atoms with Crippen LogP contribution < -0.4 is 11.3 Å².